The van der Waals surface area contributed by atoms with Crippen LogP contribution in [0.5, 0.6) is 0 Å². The van der Waals surface area contributed by atoms with Crippen LogP contribution in [0.1, 0.15) is 15.9 Å². The Kier molecular flexibility index (Phi) is 4.01. The molecule has 2 rings (SSSR count). The second-order valence-corrected chi connectivity index (χ2v) is 4.91. The van der Waals surface area contributed by atoms with Crippen LogP contribution in [0, 0.1) is 6.92 Å². The fraction of sp³-hybridized carbons (Fsp3) is 0.0833. The molecule has 1 aromatic heterocycles. The minimum atomic E-state index is -0.232. The Balaban J connectivity index is 1.95. The monoisotopic (exact) mass is 277 g/mol. The summed E-state index contributed by atoms with van der Waals surface area (Å²) in [7, 11) is 0. The second kappa shape index (κ2) is 5.70. The first-order chi connectivity index (χ1) is 8.65. The van der Waals surface area contributed by atoms with E-state index < -0.39 is 0 Å². The second-order valence-electron chi connectivity index (χ2n) is 3.61. The van der Waals surface area contributed by atoms with Crippen molar-refractivity contribution in [3.8, 4) is 0 Å². The fourth-order valence-electron chi connectivity index (χ4n) is 1.29. The highest BCUT2D eigenvalue weighted by Gasteiger charge is 2.07. The van der Waals surface area contributed by atoms with Gasteiger partial charge in [-0.05, 0) is 31.3 Å². The molecular formula is C12H11N3OS2. The van der Waals surface area contributed by atoms with Gasteiger partial charge in [0.2, 0.25) is 0 Å². The standard InChI is InChI=1S/C12H11N3OS2/c1-8-2-4-9(5-3-8)10(16)14-11(17)15-12-13-6-7-18-12/h2-7H,1H3,(H2,13,14,15,16,17). The quantitative estimate of drug-likeness (QED) is 0.828. The van der Waals surface area contributed by atoms with Crippen molar-refractivity contribution < 1.29 is 4.79 Å². The van der Waals surface area contributed by atoms with Gasteiger partial charge >= 0.3 is 0 Å². The van der Waals surface area contributed by atoms with Gasteiger partial charge < -0.3 is 5.32 Å². The number of hydrogen-bond acceptors (Lipinski definition) is 4. The molecule has 2 N–H and O–H groups in total. The van der Waals surface area contributed by atoms with Crippen LogP contribution in [0.4, 0.5) is 5.13 Å². The zero-order valence-electron chi connectivity index (χ0n) is 9.64. The zero-order valence-corrected chi connectivity index (χ0v) is 11.3. The number of nitrogens with one attached hydrogen (secondary N) is 2. The zero-order chi connectivity index (χ0) is 13.0. The number of aromatic nitrogens is 1. The van der Waals surface area contributed by atoms with Gasteiger partial charge in [-0.25, -0.2) is 4.98 Å². The van der Waals surface area contributed by atoms with Crippen LogP contribution >= 0.6 is 23.6 Å². The summed E-state index contributed by atoms with van der Waals surface area (Å²) in [5.41, 5.74) is 1.68. The molecule has 0 fully saturated rings. The molecule has 0 saturated carbocycles. The van der Waals surface area contributed by atoms with Crippen molar-refractivity contribution in [2.75, 3.05) is 5.32 Å². The van der Waals surface area contributed by atoms with Crippen LogP contribution in [0.3, 0.4) is 0 Å². The average Bonchev–Trinajstić information content (AvgIpc) is 2.82. The largest absolute Gasteiger partial charge is 0.308 e. The van der Waals surface area contributed by atoms with Crippen LogP contribution in [0.15, 0.2) is 35.8 Å². The predicted molar refractivity (Wildman–Crippen MR) is 77.0 cm³/mol. The third-order valence-corrected chi connectivity index (χ3v) is 3.09. The fourth-order valence-corrected chi connectivity index (χ4v) is 2.08. The summed E-state index contributed by atoms with van der Waals surface area (Å²) >= 11 is 6.44. The molecule has 0 aliphatic carbocycles. The van der Waals surface area contributed by atoms with E-state index >= 15 is 0 Å². The molecule has 0 radical (unpaired) electrons. The van der Waals surface area contributed by atoms with Gasteiger partial charge in [0, 0.05) is 17.1 Å². The van der Waals surface area contributed by atoms with E-state index in [9.17, 15) is 4.79 Å². The number of thiazole rings is 1. The van der Waals surface area contributed by atoms with Gasteiger partial charge in [0.05, 0.1) is 0 Å². The molecule has 0 bridgehead atoms. The van der Waals surface area contributed by atoms with Crippen LogP contribution in [-0.4, -0.2) is 16.0 Å². The van der Waals surface area contributed by atoms with Crippen molar-refractivity contribution in [2.45, 2.75) is 6.92 Å². The molecule has 1 aromatic carbocycles. The van der Waals surface area contributed by atoms with Crippen LogP contribution in [0.2, 0.25) is 0 Å². The van der Waals surface area contributed by atoms with Crippen molar-refractivity contribution in [1.29, 1.82) is 0 Å². The van der Waals surface area contributed by atoms with Gasteiger partial charge in [0.1, 0.15) is 0 Å². The molecule has 1 heterocycles. The van der Waals surface area contributed by atoms with Gasteiger partial charge in [-0.3, -0.25) is 10.1 Å². The molecule has 6 heteroatoms. The van der Waals surface area contributed by atoms with E-state index in [4.69, 9.17) is 12.2 Å². The third kappa shape index (κ3) is 3.35. The lowest BCUT2D eigenvalue weighted by atomic mass is 10.1. The van der Waals surface area contributed by atoms with Crippen molar-refractivity contribution in [3.05, 3.63) is 47.0 Å². The maximum absolute atomic E-state index is 11.8. The Bertz CT molecular complexity index is 549. The maximum atomic E-state index is 11.8. The molecule has 0 atom stereocenters. The van der Waals surface area contributed by atoms with Crippen LogP contribution in [0.25, 0.3) is 0 Å². The highest BCUT2D eigenvalue weighted by Crippen LogP contribution is 2.10. The molecule has 1 amide bonds. The first kappa shape index (κ1) is 12.7. The summed E-state index contributed by atoms with van der Waals surface area (Å²) < 4.78 is 0. The van der Waals surface area contributed by atoms with Crippen molar-refractivity contribution >= 4 is 39.7 Å². The highest BCUT2D eigenvalue weighted by atomic mass is 32.1. The minimum Gasteiger partial charge on any atom is -0.308 e. The van der Waals surface area contributed by atoms with E-state index in [1.165, 1.54) is 11.3 Å². The first-order valence-electron chi connectivity index (χ1n) is 5.23. The van der Waals surface area contributed by atoms with E-state index in [1.54, 1.807) is 18.3 Å². The van der Waals surface area contributed by atoms with Crippen molar-refractivity contribution in [3.63, 3.8) is 0 Å². The van der Waals surface area contributed by atoms with Crippen molar-refractivity contribution in [2.24, 2.45) is 0 Å². The summed E-state index contributed by atoms with van der Waals surface area (Å²) in [5, 5.41) is 8.17. The Morgan fingerprint density at radius 2 is 2.06 bits per heavy atom. The Hall–Kier alpha value is -1.79. The van der Waals surface area contributed by atoms with Crippen molar-refractivity contribution in [1.82, 2.24) is 10.3 Å². The van der Waals surface area contributed by atoms with Crippen LogP contribution in [-0.2, 0) is 0 Å². The number of anilines is 1. The van der Waals surface area contributed by atoms with Gasteiger partial charge in [-0.15, -0.1) is 11.3 Å². The molecule has 0 saturated heterocycles. The molecule has 0 unspecified atom stereocenters. The highest BCUT2D eigenvalue weighted by molar-refractivity contribution is 7.80. The summed E-state index contributed by atoms with van der Waals surface area (Å²) in [4.78, 5) is 15.9. The molecule has 92 valence electrons. The lowest BCUT2D eigenvalue weighted by Crippen LogP contribution is -2.34. The summed E-state index contributed by atoms with van der Waals surface area (Å²) in [5.74, 6) is -0.232. The van der Waals surface area contributed by atoms with Gasteiger partial charge in [0.25, 0.3) is 5.91 Å². The number of hydrogen-bond donors (Lipinski definition) is 2. The number of thiocarbonyl (C=S) groups is 1. The smallest absolute Gasteiger partial charge is 0.257 e. The van der Waals surface area contributed by atoms with Gasteiger partial charge in [-0.2, -0.15) is 0 Å². The molecule has 18 heavy (non-hydrogen) atoms. The lowest BCUT2D eigenvalue weighted by molar-refractivity contribution is 0.0978. The number of rotatable bonds is 2. The van der Waals surface area contributed by atoms with Gasteiger partial charge in [0.15, 0.2) is 10.2 Å². The molecular weight excluding hydrogens is 266 g/mol. The summed E-state index contributed by atoms with van der Waals surface area (Å²) in [6.07, 6.45) is 1.66. The predicted octanol–water partition coefficient (Wildman–Crippen LogP) is 2.58. The third-order valence-electron chi connectivity index (χ3n) is 2.19. The number of benzene rings is 1. The van der Waals surface area contributed by atoms with E-state index in [2.05, 4.69) is 15.6 Å². The lowest BCUT2D eigenvalue weighted by Gasteiger charge is -2.07. The SMILES string of the molecule is Cc1ccc(C(=O)NC(=S)Nc2nccs2)cc1. The number of aryl methyl sites for hydroxylation is 1. The van der Waals surface area contributed by atoms with E-state index in [-0.39, 0.29) is 11.0 Å². The Morgan fingerprint density at radius 3 is 2.67 bits per heavy atom. The number of amides is 1. The molecule has 2 aromatic rings. The molecule has 0 aliphatic rings. The maximum Gasteiger partial charge on any atom is 0.257 e. The minimum absolute atomic E-state index is 0.232. The van der Waals surface area contributed by atoms with E-state index in [0.29, 0.717) is 10.7 Å². The molecule has 0 spiro atoms. The topological polar surface area (TPSA) is 54.0 Å². The Morgan fingerprint density at radius 1 is 1.33 bits per heavy atom. The van der Waals surface area contributed by atoms with E-state index in [0.717, 1.165) is 5.56 Å². The average molecular weight is 277 g/mol. The number of nitrogens with zero attached hydrogens (tertiary/aromatic N) is 1. The van der Waals surface area contributed by atoms with Gasteiger partial charge in [-0.1, -0.05) is 17.7 Å². The van der Waals surface area contributed by atoms with Crippen LogP contribution < -0.4 is 10.6 Å². The first-order valence-corrected chi connectivity index (χ1v) is 6.52. The number of carbonyl (C=O) groups is 1. The number of carbonyl (C=O) groups excluding carboxylic acids is 1. The Labute approximate surface area is 114 Å². The summed E-state index contributed by atoms with van der Waals surface area (Å²) in [6, 6.07) is 7.28. The molecule has 0 aliphatic heterocycles. The summed E-state index contributed by atoms with van der Waals surface area (Å²) in [6.45, 7) is 1.97. The normalized spacial score (nSPS) is 9.83. The molecule has 4 nitrogen and oxygen atoms in total. The van der Waals surface area contributed by atoms with E-state index in [1.807, 2.05) is 24.4 Å².